The highest BCUT2D eigenvalue weighted by Gasteiger charge is 2.17. The van der Waals surface area contributed by atoms with E-state index < -0.39 is 9.84 Å². The van der Waals surface area contributed by atoms with E-state index in [0.29, 0.717) is 6.54 Å². The molecule has 0 aliphatic heterocycles. The van der Waals surface area contributed by atoms with Crippen LogP contribution in [0.15, 0.2) is 76.5 Å². The van der Waals surface area contributed by atoms with Gasteiger partial charge in [0.1, 0.15) is 0 Å². The molecule has 0 spiro atoms. The Kier molecular flexibility index (Phi) is 4.83. The summed E-state index contributed by atoms with van der Waals surface area (Å²) in [5, 5.41) is 4.43. The lowest BCUT2D eigenvalue weighted by molar-refractivity contribution is -0.119. The fourth-order valence-corrected chi connectivity index (χ4v) is 3.97. The van der Waals surface area contributed by atoms with Crippen LogP contribution < -0.4 is 11.1 Å². The third-order valence-corrected chi connectivity index (χ3v) is 5.73. The van der Waals surface area contributed by atoms with Crippen LogP contribution >= 0.6 is 0 Å². The number of sulfone groups is 1. The molecule has 3 N–H and O–H groups in total. The van der Waals surface area contributed by atoms with Gasteiger partial charge in [0.05, 0.1) is 16.3 Å². The largest absolute Gasteiger partial charge is 0.351 e. The molecule has 0 fully saturated rings. The van der Waals surface area contributed by atoms with Crippen molar-refractivity contribution < 1.29 is 13.2 Å². The number of nitrogens with one attached hydrogen (secondary N) is 1. The van der Waals surface area contributed by atoms with Gasteiger partial charge in [0.2, 0.25) is 15.7 Å². The van der Waals surface area contributed by atoms with Gasteiger partial charge in [-0.05, 0) is 40.6 Å². The van der Waals surface area contributed by atoms with Crippen molar-refractivity contribution in [3.63, 3.8) is 0 Å². The Morgan fingerprint density at radius 1 is 0.920 bits per heavy atom. The molecule has 3 aromatic rings. The highest BCUT2D eigenvalue weighted by Crippen LogP contribution is 2.26. The molecule has 0 atom stereocenters. The van der Waals surface area contributed by atoms with Crippen molar-refractivity contribution in [3.8, 4) is 0 Å². The van der Waals surface area contributed by atoms with Gasteiger partial charge in [-0.2, -0.15) is 0 Å². The van der Waals surface area contributed by atoms with Crippen LogP contribution in [0.1, 0.15) is 5.56 Å². The van der Waals surface area contributed by atoms with Gasteiger partial charge in [-0.25, -0.2) is 8.42 Å². The van der Waals surface area contributed by atoms with Gasteiger partial charge in [0.25, 0.3) is 0 Å². The Morgan fingerprint density at radius 2 is 1.68 bits per heavy atom. The Morgan fingerprint density at radius 3 is 2.40 bits per heavy atom. The molecule has 0 saturated carbocycles. The first-order valence-electron chi connectivity index (χ1n) is 7.81. The third-order valence-electron chi connectivity index (χ3n) is 3.97. The Bertz CT molecular complexity index is 1020. The summed E-state index contributed by atoms with van der Waals surface area (Å²) in [6, 6.07) is 19.0. The summed E-state index contributed by atoms with van der Waals surface area (Å²) in [6.45, 7) is 0.280. The molecule has 6 heteroatoms. The van der Waals surface area contributed by atoms with Crippen LogP contribution in [-0.2, 0) is 21.2 Å². The van der Waals surface area contributed by atoms with Gasteiger partial charge >= 0.3 is 0 Å². The van der Waals surface area contributed by atoms with E-state index in [1.165, 1.54) is 0 Å². The molecule has 5 nitrogen and oxygen atoms in total. The van der Waals surface area contributed by atoms with E-state index in [2.05, 4.69) is 5.32 Å². The van der Waals surface area contributed by atoms with E-state index in [0.717, 1.165) is 16.3 Å². The summed E-state index contributed by atoms with van der Waals surface area (Å²) in [5.41, 5.74) is 6.20. The monoisotopic (exact) mass is 354 g/mol. The van der Waals surface area contributed by atoms with Crippen LogP contribution in [0.5, 0.6) is 0 Å². The number of hydrogen-bond donors (Lipinski definition) is 2. The Hall–Kier alpha value is -2.70. The first kappa shape index (κ1) is 17.1. The van der Waals surface area contributed by atoms with Gasteiger partial charge in [-0.1, -0.05) is 42.5 Å². The van der Waals surface area contributed by atoms with Crippen LogP contribution in [-0.4, -0.2) is 20.9 Å². The summed E-state index contributed by atoms with van der Waals surface area (Å²) in [5.74, 6) is -0.236. The van der Waals surface area contributed by atoms with E-state index in [-0.39, 0.29) is 22.2 Å². The highest BCUT2D eigenvalue weighted by molar-refractivity contribution is 7.91. The summed E-state index contributed by atoms with van der Waals surface area (Å²) in [7, 11) is -3.56. The molecule has 3 rings (SSSR count). The van der Waals surface area contributed by atoms with E-state index in [9.17, 15) is 13.2 Å². The molecule has 128 valence electrons. The minimum absolute atomic E-state index is 0.0652. The number of benzene rings is 3. The van der Waals surface area contributed by atoms with Crippen molar-refractivity contribution in [2.75, 3.05) is 6.54 Å². The van der Waals surface area contributed by atoms with Gasteiger partial charge < -0.3 is 11.1 Å². The molecular formula is C19H18N2O3S. The number of hydrogen-bond acceptors (Lipinski definition) is 4. The Balaban J connectivity index is 2.00. The molecule has 1 amide bonds. The number of carbonyl (C=O) groups is 1. The van der Waals surface area contributed by atoms with Crippen LogP contribution in [0, 0.1) is 0 Å². The van der Waals surface area contributed by atoms with E-state index in [1.807, 2.05) is 18.2 Å². The zero-order valence-electron chi connectivity index (χ0n) is 13.5. The molecule has 0 radical (unpaired) electrons. The molecule has 0 aliphatic carbocycles. The Labute approximate surface area is 146 Å². The maximum absolute atomic E-state index is 12.7. The lowest BCUT2D eigenvalue weighted by Crippen LogP contribution is -2.29. The molecule has 0 saturated heterocycles. The maximum Gasteiger partial charge on any atom is 0.234 e. The zero-order valence-corrected chi connectivity index (χ0v) is 14.3. The summed E-state index contributed by atoms with van der Waals surface area (Å²) in [6.07, 6.45) is 0. The van der Waals surface area contributed by atoms with E-state index in [1.54, 1.807) is 48.5 Å². The summed E-state index contributed by atoms with van der Waals surface area (Å²) >= 11 is 0. The molecule has 25 heavy (non-hydrogen) atoms. The lowest BCUT2D eigenvalue weighted by atomic mass is 10.0. The van der Waals surface area contributed by atoms with Crippen molar-refractivity contribution in [2.45, 2.75) is 16.3 Å². The second-order valence-electron chi connectivity index (χ2n) is 5.60. The summed E-state index contributed by atoms with van der Waals surface area (Å²) in [4.78, 5) is 11.9. The third kappa shape index (κ3) is 3.55. The first-order chi connectivity index (χ1) is 12.0. The van der Waals surface area contributed by atoms with Crippen LogP contribution in [0.4, 0.5) is 0 Å². The normalized spacial score (nSPS) is 11.4. The van der Waals surface area contributed by atoms with Crippen molar-refractivity contribution in [3.05, 3.63) is 72.3 Å². The lowest BCUT2D eigenvalue weighted by Gasteiger charge is -2.10. The van der Waals surface area contributed by atoms with E-state index in [4.69, 9.17) is 5.73 Å². The van der Waals surface area contributed by atoms with E-state index >= 15 is 0 Å². The van der Waals surface area contributed by atoms with Crippen molar-refractivity contribution in [1.29, 1.82) is 0 Å². The maximum atomic E-state index is 12.7. The number of carbonyl (C=O) groups excluding carboxylic acids is 1. The molecule has 0 bridgehead atoms. The minimum atomic E-state index is -3.56. The quantitative estimate of drug-likeness (QED) is 0.735. The number of rotatable bonds is 5. The van der Waals surface area contributed by atoms with Gasteiger partial charge in [-0.15, -0.1) is 0 Å². The average molecular weight is 354 g/mol. The molecule has 0 aromatic heterocycles. The summed E-state index contributed by atoms with van der Waals surface area (Å²) < 4.78 is 25.5. The predicted molar refractivity (Wildman–Crippen MR) is 96.7 cm³/mol. The average Bonchev–Trinajstić information content (AvgIpc) is 2.66. The standard InChI is InChI=1S/C19H18N2O3S/c20-12-19(22)21-13-15-6-4-5-14-11-17(9-10-18(14)15)25(23,24)16-7-2-1-3-8-16/h1-11H,12-13,20H2,(H,21,22). The molecule has 0 heterocycles. The van der Waals surface area contributed by atoms with Crippen LogP contribution in [0.25, 0.3) is 10.8 Å². The second-order valence-corrected chi connectivity index (χ2v) is 7.55. The first-order valence-corrected chi connectivity index (χ1v) is 9.29. The minimum Gasteiger partial charge on any atom is -0.351 e. The van der Waals surface area contributed by atoms with Crippen LogP contribution in [0.3, 0.4) is 0 Å². The smallest absolute Gasteiger partial charge is 0.234 e. The molecule has 0 unspecified atom stereocenters. The number of fused-ring (bicyclic) bond motifs is 1. The molecule has 0 aliphatic rings. The second kappa shape index (κ2) is 7.04. The van der Waals surface area contributed by atoms with Gasteiger partial charge in [0.15, 0.2) is 0 Å². The predicted octanol–water partition coefficient (Wildman–Crippen LogP) is 2.25. The number of amides is 1. The fraction of sp³-hybridized carbons (Fsp3) is 0.105. The van der Waals surface area contributed by atoms with Crippen molar-refractivity contribution in [1.82, 2.24) is 5.32 Å². The van der Waals surface area contributed by atoms with Gasteiger partial charge in [0, 0.05) is 6.54 Å². The van der Waals surface area contributed by atoms with Gasteiger partial charge in [-0.3, -0.25) is 4.79 Å². The molecule has 3 aromatic carbocycles. The van der Waals surface area contributed by atoms with Crippen LogP contribution in [0.2, 0.25) is 0 Å². The topological polar surface area (TPSA) is 89.3 Å². The zero-order chi connectivity index (χ0) is 17.9. The van der Waals surface area contributed by atoms with Crippen molar-refractivity contribution in [2.24, 2.45) is 5.73 Å². The molecular weight excluding hydrogens is 336 g/mol. The number of nitrogens with two attached hydrogens (primary N) is 1. The fourth-order valence-electron chi connectivity index (χ4n) is 2.65. The SMILES string of the molecule is NCC(=O)NCc1cccc2cc(S(=O)(=O)c3ccccc3)ccc12. The van der Waals surface area contributed by atoms with Crippen molar-refractivity contribution >= 4 is 26.5 Å². The highest BCUT2D eigenvalue weighted by atomic mass is 32.2.